The number of rotatable bonds is 5. The molecule has 1 aromatic rings. The van der Waals surface area contributed by atoms with Gasteiger partial charge in [0.1, 0.15) is 23.6 Å². The minimum atomic E-state index is -0.405. The van der Waals surface area contributed by atoms with Gasteiger partial charge < -0.3 is 24.9 Å². The topological polar surface area (TPSA) is 96.1 Å². The first-order chi connectivity index (χ1) is 11.5. The molecule has 2 rings (SSSR count). The maximum Gasteiger partial charge on any atom is 0.341 e. The first-order valence-electron chi connectivity index (χ1n) is 8.44. The van der Waals surface area contributed by atoms with E-state index in [0.717, 1.165) is 32.2 Å². The Balaban J connectivity index is 1.99. The lowest BCUT2D eigenvalue weighted by Gasteiger charge is -2.27. The second-order valence-corrected chi connectivity index (χ2v) is 6.02. The van der Waals surface area contributed by atoms with Crippen LogP contribution in [0.3, 0.4) is 0 Å². The average molecular weight is 337 g/mol. The summed E-state index contributed by atoms with van der Waals surface area (Å²) in [5.41, 5.74) is 0.432. The van der Waals surface area contributed by atoms with Crippen molar-refractivity contribution in [2.75, 3.05) is 13.7 Å². The van der Waals surface area contributed by atoms with Gasteiger partial charge in [-0.2, -0.15) is 0 Å². The predicted octanol–water partition coefficient (Wildman–Crippen LogP) is 1.73. The first kappa shape index (κ1) is 18.3. The van der Waals surface area contributed by atoms with Gasteiger partial charge in [0.15, 0.2) is 5.96 Å². The number of nitrogens with one attached hydrogen (secondary N) is 2. The summed E-state index contributed by atoms with van der Waals surface area (Å²) >= 11 is 0. The summed E-state index contributed by atoms with van der Waals surface area (Å²) in [5.74, 6) is 1.46. The molecular weight excluding hydrogens is 310 g/mol. The maximum absolute atomic E-state index is 11.6. The van der Waals surface area contributed by atoms with E-state index in [-0.39, 0.29) is 6.10 Å². The van der Waals surface area contributed by atoms with Crippen molar-refractivity contribution < 1.29 is 19.1 Å². The van der Waals surface area contributed by atoms with Crippen molar-refractivity contribution in [3.8, 4) is 0 Å². The monoisotopic (exact) mass is 337 g/mol. The van der Waals surface area contributed by atoms with Crippen LogP contribution >= 0.6 is 0 Å². The van der Waals surface area contributed by atoms with Crippen LogP contribution in [0.25, 0.3) is 0 Å². The number of methoxy groups -OCH3 is 1. The molecule has 134 valence electrons. The van der Waals surface area contributed by atoms with Crippen LogP contribution in [-0.2, 0) is 11.3 Å². The van der Waals surface area contributed by atoms with Crippen molar-refractivity contribution in [1.82, 2.24) is 10.6 Å². The molecule has 7 nitrogen and oxygen atoms in total. The molecule has 0 bridgehead atoms. The fourth-order valence-electron chi connectivity index (χ4n) is 2.82. The summed E-state index contributed by atoms with van der Waals surface area (Å²) < 4.78 is 10.3. The third-order valence-corrected chi connectivity index (χ3v) is 4.15. The molecule has 0 spiro atoms. The lowest BCUT2D eigenvalue weighted by molar-refractivity contribution is 0.0598. The molecule has 1 fully saturated rings. The number of carbonyl (C=O) groups is 1. The summed E-state index contributed by atoms with van der Waals surface area (Å²) in [6, 6.07) is 1.99. The molecule has 1 aromatic heterocycles. The van der Waals surface area contributed by atoms with Crippen LogP contribution in [0.2, 0.25) is 0 Å². The van der Waals surface area contributed by atoms with Gasteiger partial charge in [-0.05, 0) is 45.6 Å². The zero-order chi connectivity index (χ0) is 17.5. The van der Waals surface area contributed by atoms with Crippen LogP contribution in [0.4, 0.5) is 0 Å². The number of ether oxygens (including phenoxy) is 1. The lowest BCUT2D eigenvalue weighted by atomic mass is 9.93. The van der Waals surface area contributed by atoms with Crippen molar-refractivity contribution in [3.63, 3.8) is 0 Å². The Labute approximate surface area is 142 Å². The SMILES string of the molecule is CCNC(=NCc1cc(C(=O)OC)c(C)o1)NC1CCC(O)CC1. The Morgan fingerprint density at radius 2 is 2.12 bits per heavy atom. The van der Waals surface area contributed by atoms with E-state index < -0.39 is 5.97 Å². The number of aliphatic hydroxyl groups excluding tert-OH is 1. The summed E-state index contributed by atoms with van der Waals surface area (Å²) in [4.78, 5) is 16.1. The van der Waals surface area contributed by atoms with E-state index in [1.165, 1.54) is 7.11 Å². The first-order valence-corrected chi connectivity index (χ1v) is 8.44. The number of guanidine groups is 1. The number of esters is 1. The Hall–Kier alpha value is -2.02. The number of hydrogen-bond donors (Lipinski definition) is 3. The molecule has 7 heteroatoms. The highest BCUT2D eigenvalue weighted by Crippen LogP contribution is 2.19. The van der Waals surface area contributed by atoms with Crippen molar-refractivity contribution in [3.05, 3.63) is 23.2 Å². The van der Waals surface area contributed by atoms with E-state index in [4.69, 9.17) is 9.15 Å². The molecule has 1 aliphatic carbocycles. The van der Waals surface area contributed by atoms with Gasteiger partial charge >= 0.3 is 5.97 Å². The lowest BCUT2D eigenvalue weighted by Crippen LogP contribution is -2.45. The van der Waals surface area contributed by atoms with Crippen molar-refractivity contribution in [1.29, 1.82) is 0 Å². The number of furan rings is 1. The Bertz CT molecular complexity index is 574. The molecule has 0 aliphatic heterocycles. The second-order valence-electron chi connectivity index (χ2n) is 6.02. The Morgan fingerprint density at radius 3 is 2.75 bits per heavy atom. The number of aliphatic imine (C=N–C) groups is 1. The van der Waals surface area contributed by atoms with Gasteiger partial charge in [0, 0.05) is 12.6 Å². The minimum Gasteiger partial charge on any atom is -0.465 e. The molecule has 0 atom stereocenters. The van der Waals surface area contributed by atoms with Gasteiger partial charge in [0.25, 0.3) is 0 Å². The normalized spacial score (nSPS) is 21.4. The van der Waals surface area contributed by atoms with Gasteiger partial charge in [-0.3, -0.25) is 0 Å². The third kappa shape index (κ3) is 4.99. The zero-order valence-corrected chi connectivity index (χ0v) is 14.6. The molecule has 0 radical (unpaired) electrons. The highest BCUT2D eigenvalue weighted by Gasteiger charge is 2.20. The maximum atomic E-state index is 11.6. The fourth-order valence-corrected chi connectivity index (χ4v) is 2.82. The molecule has 24 heavy (non-hydrogen) atoms. The molecular formula is C17H27N3O4. The van der Waals surface area contributed by atoms with Crippen LogP contribution in [0, 0.1) is 6.92 Å². The van der Waals surface area contributed by atoms with E-state index in [1.54, 1.807) is 13.0 Å². The Kier molecular flexibility index (Phi) is 6.66. The van der Waals surface area contributed by atoms with Gasteiger partial charge in [0.2, 0.25) is 0 Å². The minimum absolute atomic E-state index is 0.176. The third-order valence-electron chi connectivity index (χ3n) is 4.15. The molecule has 3 N–H and O–H groups in total. The highest BCUT2D eigenvalue weighted by molar-refractivity contribution is 5.90. The van der Waals surface area contributed by atoms with Crippen molar-refractivity contribution >= 4 is 11.9 Å². The van der Waals surface area contributed by atoms with Crippen molar-refractivity contribution in [2.45, 2.75) is 58.2 Å². The van der Waals surface area contributed by atoms with Crippen LogP contribution in [0.5, 0.6) is 0 Å². The van der Waals surface area contributed by atoms with E-state index >= 15 is 0 Å². The van der Waals surface area contributed by atoms with Gasteiger partial charge in [0.05, 0.1) is 13.2 Å². The fraction of sp³-hybridized carbons (Fsp3) is 0.647. The Morgan fingerprint density at radius 1 is 1.42 bits per heavy atom. The molecule has 0 amide bonds. The van der Waals surface area contributed by atoms with E-state index in [9.17, 15) is 9.90 Å². The molecule has 0 saturated heterocycles. The summed E-state index contributed by atoms with van der Waals surface area (Å²) in [7, 11) is 1.35. The average Bonchev–Trinajstić information content (AvgIpc) is 2.95. The number of hydrogen-bond acceptors (Lipinski definition) is 5. The van der Waals surface area contributed by atoms with Crippen LogP contribution in [-0.4, -0.2) is 42.8 Å². The molecule has 1 heterocycles. The van der Waals surface area contributed by atoms with E-state index in [0.29, 0.717) is 35.6 Å². The van der Waals surface area contributed by atoms with Crippen LogP contribution in [0.1, 0.15) is 54.5 Å². The highest BCUT2D eigenvalue weighted by atomic mass is 16.5. The van der Waals surface area contributed by atoms with Crippen LogP contribution in [0.15, 0.2) is 15.5 Å². The smallest absolute Gasteiger partial charge is 0.341 e. The molecule has 0 aromatic carbocycles. The number of carbonyl (C=O) groups excluding carboxylic acids is 1. The summed E-state index contributed by atoms with van der Waals surface area (Å²) in [6.07, 6.45) is 3.31. The van der Waals surface area contributed by atoms with Gasteiger partial charge in [-0.1, -0.05) is 0 Å². The standard InChI is InChI=1S/C17H27N3O4/c1-4-18-17(20-12-5-7-13(21)8-6-12)19-10-14-9-15(11(2)24-14)16(22)23-3/h9,12-13,21H,4-8,10H2,1-3H3,(H2,18,19,20). The van der Waals surface area contributed by atoms with Gasteiger partial charge in [-0.25, -0.2) is 9.79 Å². The quantitative estimate of drug-likeness (QED) is 0.430. The number of aliphatic hydroxyl groups is 1. The van der Waals surface area contributed by atoms with E-state index in [2.05, 4.69) is 15.6 Å². The number of aryl methyl sites for hydroxylation is 1. The second kappa shape index (κ2) is 8.73. The predicted molar refractivity (Wildman–Crippen MR) is 91.0 cm³/mol. The van der Waals surface area contributed by atoms with Crippen LogP contribution < -0.4 is 10.6 Å². The van der Waals surface area contributed by atoms with Gasteiger partial charge in [-0.15, -0.1) is 0 Å². The molecule has 0 unspecified atom stereocenters. The summed E-state index contributed by atoms with van der Waals surface area (Å²) in [6.45, 7) is 4.83. The molecule has 1 saturated carbocycles. The number of nitrogens with zero attached hydrogens (tertiary/aromatic N) is 1. The molecule has 1 aliphatic rings. The largest absolute Gasteiger partial charge is 0.465 e. The van der Waals surface area contributed by atoms with Crippen molar-refractivity contribution in [2.24, 2.45) is 4.99 Å². The van der Waals surface area contributed by atoms with E-state index in [1.807, 2.05) is 6.92 Å². The summed E-state index contributed by atoms with van der Waals surface area (Å²) in [5, 5.41) is 16.2. The zero-order valence-electron chi connectivity index (χ0n) is 14.6.